The van der Waals surface area contributed by atoms with E-state index in [0.29, 0.717) is 11.6 Å². The first-order valence-electron chi connectivity index (χ1n) is 7.88. The lowest BCUT2D eigenvalue weighted by molar-refractivity contribution is 0.0655. The van der Waals surface area contributed by atoms with Crippen LogP contribution < -0.4 is 5.32 Å². The van der Waals surface area contributed by atoms with Crippen LogP contribution in [-0.4, -0.2) is 39.5 Å². The molecule has 1 aliphatic carbocycles. The molecule has 2 fully saturated rings. The lowest BCUT2D eigenvalue weighted by Crippen LogP contribution is -2.63. The van der Waals surface area contributed by atoms with Crippen molar-refractivity contribution in [3.05, 3.63) is 23.8 Å². The number of aromatic nitrogens is 2. The summed E-state index contributed by atoms with van der Waals surface area (Å²) >= 11 is 0. The highest BCUT2D eigenvalue weighted by Gasteiger charge is 2.45. The SMILES string of the molecule is CCC1CNC(C)(C2CC2)CN1Cc1ccnc(C)n1. The van der Waals surface area contributed by atoms with Crippen molar-refractivity contribution in [3.8, 4) is 0 Å². The van der Waals surface area contributed by atoms with Crippen LogP contribution >= 0.6 is 0 Å². The van der Waals surface area contributed by atoms with Gasteiger partial charge in [0.05, 0.1) is 5.69 Å². The van der Waals surface area contributed by atoms with Crippen molar-refractivity contribution in [3.63, 3.8) is 0 Å². The molecular weight excluding hydrogens is 248 g/mol. The van der Waals surface area contributed by atoms with E-state index < -0.39 is 0 Å². The summed E-state index contributed by atoms with van der Waals surface area (Å²) in [4.78, 5) is 11.4. The molecule has 0 spiro atoms. The van der Waals surface area contributed by atoms with E-state index in [1.165, 1.54) is 19.3 Å². The minimum atomic E-state index is 0.299. The van der Waals surface area contributed by atoms with E-state index in [2.05, 4.69) is 40.1 Å². The third-order valence-corrected chi connectivity index (χ3v) is 4.94. The van der Waals surface area contributed by atoms with Gasteiger partial charge in [-0.05, 0) is 45.1 Å². The largest absolute Gasteiger partial charge is 0.308 e. The fourth-order valence-electron chi connectivity index (χ4n) is 3.47. The molecule has 2 heterocycles. The maximum atomic E-state index is 4.57. The van der Waals surface area contributed by atoms with E-state index in [0.717, 1.165) is 37.1 Å². The first-order valence-corrected chi connectivity index (χ1v) is 7.88. The molecule has 1 saturated carbocycles. The zero-order chi connectivity index (χ0) is 14.2. The highest BCUT2D eigenvalue weighted by atomic mass is 15.3. The van der Waals surface area contributed by atoms with E-state index in [1.807, 2.05) is 13.1 Å². The number of hydrogen-bond donors (Lipinski definition) is 1. The third-order valence-electron chi connectivity index (χ3n) is 4.94. The summed E-state index contributed by atoms with van der Waals surface area (Å²) < 4.78 is 0. The average Bonchev–Trinajstić information content (AvgIpc) is 3.24. The van der Waals surface area contributed by atoms with Crippen LogP contribution in [0.2, 0.25) is 0 Å². The maximum absolute atomic E-state index is 4.57. The topological polar surface area (TPSA) is 41.0 Å². The van der Waals surface area contributed by atoms with Gasteiger partial charge in [0, 0.05) is 37.4 Å². The first-order chi connectivity index (χ1) is 9.60. The third kappa shape index (κ3) is 2.86. The molecule has 0 aromatic carbocycles. The van der Waals surface area contributed by atoms with Crippen LogP contribution in [0.1, 0.15) is 44.6 Å². The quantitative estimate of drug-likeness (QED) is 0.913. The number of piperazine rings is 1. The second-order valence-corrected chi connectivity index (χ2v) is 6.63. The molecule has 0 amide bonds. The molecule has 1 aromatic rings. The summed E-state index contributed by atoms with van der Waals surface area (Å²) in [6.07, 6.45) is 5.85. The number of rotatable bonds is 4. The Labute approximate surface area is 122 Å². The van der Waals surface area contributed by atoms with Crippen LogP contribution in [0.5, 0.6) is 0 Å². The second kappa shape index (κ2) is 5.41. The van der Waals surface area contributed by atoms with Gasteiger partial charge in [-0.3, -0.25) is 4.90 Å². The first kappa shape index (κ1) is 14.0. The van der Waals surface area contributed by atoms with Gasteiger partial charge < -0.3 is 5.32 Å². The van der Waals surface area contributed by atoms with Gasteiger partial charge in [-0.15, -0.1) is 0 Å². The molecule has 2 aliphatic rings. The van der Waals surface area contributed by atoms with Crippen LogP contribution in [0, 0.1) is 12.8 Å². The van der Waals surface area contributed by atoms with Gasteiger partial charge in [-0.25, -0.2) is 9.97 Å². The fraction of sp³-hybridized carbons (Fsp3) is 0.750. The van der Waals surface area contributed by atoms with Crippen LogP contribution in [0.25, 0.3) is 0 Å². The number of nitrogens with one attached hydrogen (secondary N) is 1. The summed E-state index contributed by atoms with van der Waals surface area (Å²) in [5, 5.41) is 3.81. The fourth-order valence-corrected chi connectivity index (χ4v) is 3.47. The summed E-state index contributed by atoms with van der Waals surface area (Å²) in [6.45, 7) is 9.84. The minimum absolute atomic E-state index is 0.299. The van der Waals surface area contributed by atoms with Crippen LogP contribution in [0.15, 0.2) is 12.3 Å². The number of hydrogen-bond acceptors (Lipinski definition) is 4. The molecule has 1 aliphatic heterocycles. The van der Waals surface area contributed by atoms with Crippen molar-refractivity contribution in [2.45, 2.75) is 58.2 Å². The molecule has 2 unspecified atom stereocenters. The minimum Gasteiger partial charge on any atom is -0.308 e. The van der Waals surface area contributed by atoms with Gasteiger partial charge in [0.15, 0.2) is 0 Å². The number of aryl methyl sites for hydroxylation is 1. The Morgan fingerprint density at radius 2 is 2.25 bits per heavy atom. The van der Waals surface area contributed by atoms with Gasteiger partial charge in [0.1, 0.15) is 5.82 Å². The molecular formula is C16H26N4. The molecule has 3 rings (SSSR count). The molecule has 0 radical (unpaired) electrons. The molecule has 1 N–H and O–H groups in total. The van der Waals surface area contributed by atoms with Crippen molar-refractivity contribution >= 4 is 0 Å². The Bertz CT molecular complexity index is 471. The zero-order valence-corrected chi connectivity index (χ0v) is 12.9. The molecule has 1 aromatic heterocycles. The van der Waals surface area contributed by atoms with Crippen molar-refractivity contribution < 1.29 is 0 Å². The van der Waals surface area contributed by atoms with Gasteiger partial charge in [-0.1, -0.05) is 6.92 Å². The van der Waals surface area contributed by atoms with E-state index in [9.17, 15) is 0 Å². The van der Waals surface area contributed by atoms with Crippen molar-refractivity contribution in [1.29, 1.82) is 0 Å². The van der Waals surface area contributed by atoms with Crippen molar-refractivity contribution in [1.82, 2.24) is 20.2 Å². The van der Waals surface area contributed by atoms with E-state index >= 15 is 0 Å². The Morgan fingerprint density at radius 3 is 2.90 bits per heavy atom. The Kier molecular flexibility index (Phi) is 3.78. The van der Waals surface area contributed by atoms with Crippen LogP contribution in [0.4, 0.5) is 0 Å². The van der Waals surface area contributed by atoms with Crippen molar-refractivity contribution in [2.75, 3.05) is 13.1 Å². The Balaban J connectivity index is 1.73. The van der Waals surface area contributed by atoms with Gasteiger partial charge in [0.2, 0.25) is 0 Å². The molecule has 20 heavy (non-hydrogen) atoms. The summed E-state index contributed by atoms with van der Waals surface area (Å²) in [6, 6.07) is 2.67. The average molecular weight is 274 g/mol. The normalized spacial score (nSPS) is 31.4. The monoisotopic (exact) mass is 274 g/mol. The number of nitrogens with zero attached hydrogens (tertiary/aromatic N) is 3. The van der Waals surface area contributed by atoms with Crippen LogP contribution in [-0.2, 0) is 6.54 Å². The second-order valence-electron chi connectivity index (χ2n) is 6.63. The van der Waals surface area contributed by atoms with Gasteiger partial charge in [-0.2, -0.15) is 0 Å². The predicted molar refractivity (Wildman–Crippen MR) is 80.4 cm³/mol. The van der Waals surface area contributed by atoms with E-state index in [4.69, 9.17) is 0 Å². The lowest BCUT2D eigenvalue weighted by Gasteiger charge is -2.46. The molecule has 4 heteroatoms. The molecule has 2 atom stereocenters. The Morgan fingerprint density at radius 1 is 1.45 bits per heavy atom. The zero-order valence-electron chi connectivity index (χ0n) is 12.9. The summed E-state index contributed by atoms with van der Waals surface area (Å²) in [5.74, 6) is 1.74. The van der Waals surface area contributed by atoms with Gasteiger partial charge in [0.25, 0.3) is 0 Å². The van der Waals surface area contributed by atoms with Crippen molar-refractivity contribution in [2.24, 2.45) is 5.92 Å². The highest BCUT2D eigenvalue weighted by Crippen LogP contribution is 2.41. The standard InChI is InChI=1S/C16H26N4/c1-4-15-9-18-16(3,13-5-6-13)11-20(15)10-14-7-8-17-12(2)19-14/h7-8,13,15,18H,4-6,9-11H2,1-3H3. The molecule has 4 nitrogen and oxygen atoms in total. The van der Waals surface area contributed by atoms with E-state index in [-0.39, 0.29) is 0 Å². The lowest BCUT2D eigenvalue weighted by atomic mass is 9.90. The predicted octanol–water partition coefficient (Wildman–Crippen LogP) is 2.14. The Hall–Kier alpha value is -1.00. The van der Waals surface area contributed by atoms with Crippen LogP contribution in [0.3, 0.4) is 0 Å². The van der Waals surface area contributed by atoms with Gasteiger partial charge >= 0.3 is 0 Å². The maximum Gasteiger partial charge on any atom is 0.125 e. The summed E-state index contributed by atoms with van der Waals surface area (Å²) in [7, 11) is 0. The highest BCUT2D eigenvalue weighted by molar-refractivity contribution is 5.07. The molecule has 0 bridgehead atoms. The smallest absolute Gasteiger partial charge is 0.125 e. The molecule has 1 saturated heterocycles. The molecule has 110 valence electrons. The van der Waals surface area contributed by atoms with E-state index in [1.54, 1.807) is 0 Å². The summed E-state index contributed by atoms with van der Waals surface area (Å²) in [5.41, 5.74) is 1.45.